The third kappa shape index (κ3) is 3.12. The lowest BCUT2D eigenvalue weighted by atomic mass is 10.2. The minimum Gasteiger partial charge on any atom is -0.352 e. The number of carbonyl (C=O) groups excluding carboxylic acids is 1. The van der Waals surface area contributed by atoms with Crippen LogP contribution in [0.5, 0.6) is 0 Å². The fraction of sp³-hybridized carbons (Fsp3) is 0.467. The van der Waals surface area contributed by atoms with Crippen molar-refractivity contribution in [3.8, 4) is 0 Å². The maximum Gasteiger partial charge on any atom is 0.240 e. The average molecular weight is 294 g/mol. The Labute approximate surface area is 124 Å². The number of alkyl halides is 1. The summed E-state index contributed by atoms with van der Waals surface area (Å²) in [6.45, 7) is 6.32. The normalized spacial score (nSPS) is 12.6. The van der Waals surface area contributed by atoms with Crippen molar-refractivity contribution in [2.24, 2.45) is 0 Å². The molecule has 1 heterocycles. The van der Waals surface area contributed by atoms with E-state index in [9.17, 15) is 4.79 Å². The van der Waals surface area contributed by atoms with Gasteiger partial charge in [0.05, 0.1) is 16.9 Å². The summed E-state index contributed by atoms with van der Waals surface area (Å²) < 4.78 is 1.89. The minimum atomic E-state index is -0.00871. The molecule has 0 aliphatic carbocycles. The monoisotopic (exact) mass is 293 g/mol. The molecular formula is C15H20ClN3O. The highest BCUT2D eigenvalue weighted by Gasteiger charge is 2.14. The molecule has 0 saturated carbocycles. The molecule has 1 unspecified atom stereocenters. The van der Waals surface area contributed by atoms with Crippen LogP contribution >= 0.6 is 11.6 Å². The molecule has 4 nitrogen and oxygen atoms in total. The molecule has 1 aromatic carbocycles. The highest BCUT2D eigenvalue weighted by molar-refractivity contribution is 6.16. The fourth-order valence-electron chi connectivity index (χ4n) is 2.13. The zero-order valence-corrected chi connectivity index (χ0v) is 12.9. The van der Waals surface area contributed by atoms with Crippen molar-refractivity contribution in [2.45, 2.75) is 45.7 Å². The van der Waals surface area contributed by atoms with Crippen LogP contribution in [-0.2, 0) is 17.2 Å². The Kier molecular flexibility index (Phi) is 4.65. The zero-order chi connectivity index (χ0) is 14.7. The topological polar surface area (TPSA) is 46.9 Å². The van der Waals surface area contributed by atoms with Gasteiger partial charge in [0.2, 0.25) is 5.91 Å². The van der Waals surface area contributed by atoms with E-state index in [1.807, 2.05) is 43.5 Å². The summed E-state index contributed by atoms with van der Waals surface area (Å²) in [6, 6.07) is 6.20. The van der Waals surface area contributed by atoms with Crippen molar-refractivity contribution < 1.29 is 4.79 Å². The number of benzene rings is 1. The van der Waals surface area contributed by atoms with Gasteiger partial charge in [-0.15, -0.1) is 11.6 Å². The number of carbonyl (C=O) groups is 1. The Bertz CT molecular complexity index is 621. The summed E-state index contributed by atoms with van der Waals surface area (Å²) in [7, 11) is 0. The van der Waals surface area contributed by atoms with E-state index in [1.54, 1.807) is 0 Å². The molecule has 2 aromatic rings. The SMILES string of the molecule is CCC(C)NC(=O)Cn1c(CCl)nc2cc(C)ccc21. The van der Waals surface area contributed by atoms with Crippen molar-refractivity contribution >= 4 is 28.5 Å². The van der Waals surface area contributed by atoms with E-state index in [-0.39, 0.29) is 18.5 Å². The largest absolute Gasteiger partial charge is 0.352 e. The van der Waals surface area contributed by atoms with Crippen LogP contribution in [0.4, 0.5) is 0 Å². The first-order valence-electron chi connectivity index (χ1n) is 6.86. The second-order valence-electron chi connectivity index (χ2n) is 5.12. The Hall–Kier alpha value is -1.55. The van der Waals surface area contributed by atoms with E-state index in [4.69, 9.17) is 11.6 Å². The lowest BCUT2D eigenvalue weighted by molar-refractivity contribution is -0.122. The van der Waals surface area contributed by atoms with Gasteiger partial charge in [-0.2, -0.15) is 0 Å². The highest BCUT2D eigenvalue weighted by Crippen LogP contribution is 2.19. The van der Waals surface area contributed by atoms with Crippen LogP contribution in [0.15, 0.2) is 18.2 Å². The van der Waals surface area contributed by atoms with E-state index in [0.717, 1.165) is 28.8 Å². The van der Waals surface area contributed by atoms with Crippen molar-refractivity contribution in [1.82, 2.24) is 14.9 Å². The lowest BCUT2D eigenvalue weighted by Crippen LogP contribution is -2.34. The van der Waals surface area contributed by atoms with Crippen molar-refractivity contribution in [2.75, 3.05) is 0 Å². The smallest absolute Gasteiger partial charge is 0.240 e. The Balaban J connectivity index is 2.30. The van der Waals surface area contributed by atoms with Gasteiger partial charge >= 0.3 is 0 Å². The number of rotatable bonds is 5. The molecule has 0 radical (unpaired) electrons. The van der Waals surface area contributed by atoms with Crippen molar-refractivity contribution in [3.63, 3.8) is 0 Å². The van der Waals surface area contributed by atoms with Gasteiger partial charge in [-0.3, -0.25) is 4.79 Å². The summed E-state index contributed by atoms with van der Waals surface area (Å²) in [4.78, 5) is 16.6. The molecule has 1 N–H and O–H groups in total. The van der Waals surface area contributed by atoms with E-state index >= 15 is 0 Å². The van der Waals surface area contributed by atoms with Gasteiger partial charge in [-0.1, -0.05) is 13.0 Å². The molecule has 1 atom stereocenters. The lowest BCUT2D eigenvalue weighted by Gasteiger charge is -2.13. The Morgan fingerprint density at radius 3 is 2.90 bits per heavy atom. The van der Waals surface area contributed by atoms with Crippen LogP contribution in [0.2, 0.25) is 0 Å². The zero-order valence-electron chi connectivity index (χ0n) is 12.1. The van der Waals surface area contributed by atoms with Crippen molar-refractivity contribution in [3.05, 3.63) is 29.6 Å². The minimum absolute atomic E-state index is 0.00871. The number of amides is 1. The molecule has 1 amide bonds. The van der Waals surface area contributed by atoms with Crippen LogP contribution in [0.25, 0.3) is 11.0 Å². The molecule has 2 rings (SSSR count). The number of nitrogens with zero attached hydrogens (tertiary/aromatic N) is 2. The number of fused-ring (bicyclic) bond motifs is 1. The van der Waals surface area contributed by atoms with Gasteiger partial charge < -0.3 is 9.88 Å². The number of nitrogens with one attached hydrogen (secondary N) is 1. The van der Waals surface area contributed by atoms with Crippen LogP contribution in [0, 0.1) is 6.92 Å². The Morgan fingerprint density at radius 2 is 2.25 bits per heavy atom. The number of hydrogen-bond acceptors (Lipinski definition) is 2. The number of hydrogen-bond donors (Lipinski definition) is 1. The predicted octanol–water partition coefficient (Wildman–Crippen LogP) is 3.00. The average Bonchev–Trinajstić information content (AvgIpc) is 2.75. The molecule has 1 aromatic heterocycles. The number of halogens is 1. The molecule has 0 aliphatic rings. The molecule has 108 valence electrons. The van der Waals surface area contributed by atoms with Crippen molar-refractivity contribution in [1.29, 1.82) is 0 Å². The number of imidazole rings is 1. The molecule has 0 saturated heterocycles. The third-order valence-electron chi connectivity index (χ3n) is 3.42. The molecule has 5 heteroatoms. The van der Waals surface area contributed by atoms with Gasteiger partial charge in [0.1, 0.15) is 12.4 Å². The van der Waals surface area contributed by atoms with Crippen LogP contribution < -0.4 is 5.32 Å². The maximum absolute atomic E-state index is 12.1. The molecule has 0 spiro atoms. The van der Waals surface area contributed by atoms with Gasteiger partial charge in [-0.25, -0.2) is 4.98 Å². The molecular weight excluding hydrogens is 274 g/mol. The predicted molar refractivity (Wildman–Crippen MR) is 81.9 cm³/mol. The molecule has 0 fully saturated rings. The maximum atomic E-state index is 12.1. The molecule has 20 heavy (non-hydrogen) atoms. The first-order chi connectivity index (χ1) is 9.55. The summed E-state index contributed by atoms with van der Waals surface area (Å²) in [5, 5.41) is 2.96. The van der Waals surface area contributed by atoms with Gasteiger partial charge in [-0.05, 0) is 38.0 Å². The quantitative estimate of drug-likeness (QED) is 0.862. The van der Waals surface area contributed by atoms with Gasteiger partial charge in [0.15, 0.2) is 0 Å². The van der Waals surface area contributed by atoms with E-state index in [1.165, 1.54) is 0 Å². The van der Waals surface area contributed by atoms with E-state index in [2.05, 4.69) is 10.3 Å². The summed E-state index contributed by atoms with van der Waals surface area (Å²) >= 11 is 5.94. The van der Waals surface area contributed by atoms with Gasteiger partial charge in [0.25, 0.3) is 0 Å². The molecule has 0 aliphatic heterocycles. The highest BCUT2D eigenvalue weighted by atomic mass is 35.5. The summed E-state index contributed by atoms with van der Waals surface area (Å²) in [5.74, 6) is 1.02. The Morgan fingerprint density at radius 1 is 1.50 bits per heavy atom. The second-order valence-corrected chi connectivity index (χ2v) is 5.38. The molecule has 0 bridgehead atoms. The number of aryl methyl sites for hydroxylation is 1. The first-order valence-corrected chi connectivity index (χ1v) is 7.39. The second kappa shape index (κ2) is 6.27. The fourth-order valence-corrected chi connectivity index (χ4v) is 2.34. The summed E-state index contributed by atoms with van der Waals surface area (Å²) in [6.07, 6.45) is 0.915. The van der Waals surface area contributed by atoms with Gasteiger partial charge in [0, 0.05) is 6.04 Å². The van der Waals surface area contributed by atoms with Crippen LogP contribution in [0.3, 0.4) is 0 Å². The third-order valence-corrected chi connectivity index (χ3v) is 3.66. The first kappa shape index (κ1) is 14.9. The van der Waals surface area contributed by atoms with Crippen LogP contribution in [-0.4, -0.2) is 21.5 Å². The number of aromatic nitrogens is 2. The van der Waals surface area contributed by atoms with E-state index < -0.39 is 0 Å². The van der Waals surface area contributed by atoms with E-state index in [0.29, 0.717) is 5.88 Å². The van der Waals surface area contributed by atoms with Crippen LogP contribution in [0.1, 0.15) is 31.7 Å². The standard InChI is InChI=1S/C15H20ClN3O/c1-4-11(3)17-15(20)9-19-13-6-5-10(2)7-12(13)18-14(19)8-16/h5-7,11H,4,8-9H2,1-3H3,(H,17,20). The summed E-state index contributed by atoms with van der Waals surface area (Å²) in [5.41, 5.74) is 2.98.